The molecule has 6 nitrogen and oxygen atoms in total. The van der Waals surface area contributed by atoms with E-state index in [2.05, 4.69) is 38.9 Å². The van der Waals surface area contributed by atoms with Crippen molar-refractivity contribution in [2.75, 3.05) is 18.0 Å². The van der Waals surface area contributed by atoms with Crippen molar-refractivity contribution < 1.29 is 4.79 Å². The molecule has 3 heterocycles. The number of fused-ring (bicyclic) bond motifs is 1. The number of primary amides is 1. The van der Waals surface area contributed by atoms with Crippen molar-refractivity contribution in [2.24, 2.45) is 11.1 Å². The predicted molar refractivity (Wildman–Crippen MR) is 102 cm³/mol. The summed E-state index contributed by atoms with van der Waals surface area (Å²) in [6, 6.07) is 10.1. The highest BCUT2D eigenvalue weighted by atomic mass is 16.1. The van der Waals surface area contributed by atoms with Crippen LogP contribution in [0.25, 0.3) is 11.0 Å². The number of hydrogen-bond acceptors (Lipinski definition) is 4. The molecule has 0 aliphatic carbocycles. The fourth-order valence-corrected chi connectivity index (χ4v) is 3.98. The smallest absolute Gasteiger partial charge is 0.224 e. The number of hydrogen-bond donors (Lipinski definition) is 2. The number of aromatic amines is 1. The first-order valence-corrected chi connectivity index (χ1v) is 8.96. The number of carbonyl (C=O) groups is 1. The van der Waals surface area contributed by atoms with Gasteiger partial charge in [-0.25, -0.2) is 9.97 Å². The lowest BCUT2D eigenvalue weighted by Crippen LogP contribution is -2.48. The third-order valence-electron chi connectivity index (χ3n) is 5.58. The number of nitrogens with zero attached hydrogens (tertiary/aromatic N) is 3. The van der Waals surface area contributed by atoms with Gasteiger partial charge in [0, 0.05) is 19.3 Å². The number of benzene rings is 1. The van der Waals surface area contributed by atoms with Crippen LogP contribution in [0.4, 0.5) is 5.82 Å². The summed E-state index contributed by atoms with van der Waals surface area (Å²) in [4.78, 5) is 26.6. The van der Waals surface area contributed by atoms with Crippen molar-refractivity contribution in [3.8, 4) is 0 Å². The lowest BCUT2D eigenvalue weighted by atomic mass is 9.73. The number of H-pyrrole nitrogens is 1. The van der Waals surface area contributed by atoms with E-state index in [0.29, 0.717) is 6.42 Å². The number of rotatable bonds is 4. The maximum atomic E-state index is 12.3. The zero-order valence-electron chi connectivity index (χ0n) is 14.9. The highest BCUT2D eigenvalue weighted by molar-refractivity contribution is 5.90. The van der Waals surface area contributed by atoms with Crippen LogP contribution in [0.3, 0.4) is 0 Å². The van der Waals surface area contributed by atoms with E-state index in [1.165, 1.54) is 0 Å². The average molecular weight is 349 g/mol. The van der Waals surface area contributed by atoms with E-state index in [1.807, 2.05) is 24.4 Å². The van der Waals surface area contributed by atoms with E-state index >= 15 is 0 Å². The molecular weight excluding hydrogens is 326 g/mol. The first-order valence-electron chi connectivity index (χ1n) is 8.96. The molecule has 26 heavy (non-hydrogen) atoms. The van der Waals surface area contributed by atoms with Gasteiger partial charge in [0.25, 0.3) is 0 Å². The van der Waals surface area contributed by atoms with E-state index in [1.54, 1.807) is 6.33 Å². The molecule has 1 aromatic carbocycles. The van der Waals surface area contributed by atoms with Crippen LogP contribution < -0.4 is 10.6 Å². The van der Waals surface area contributed by atoms with E-state index < -0.39 is 5.41 Å². The molecular formula is C20H23N5O. The lowest BCUT2D eigenvalue weighted by Gasteiger charge is -2.40. The highest BCUT2D eigenvalue weighted by Crippen LogP contribution is 2.37. The van der Waals surface area contributed by atoms with Gasteiger partial charge in [0.15, 0.2) is 0 Å². The Kier molecular flexibility index (Phi) is 4.11. The third kappa shape index (κ3) is 2.81. The van der Waals surface area contributed by atoms with Gasteiger partial charge in [0.1, 0.15) is 17.8 Å². The zero-order valence-corrected chi connectivity index (χ0v) is 14.9. The van der Waals surface area contributed by atoms with Crippen LogP contribution in [0, 0.1) is 12.3 Å². The van der Waals surface area contributed by atoms with Crippen molar-refractivity contribution in [2.45, 2.75) is 26.2 Å². The second-order valence-corrected chi connectivity index (χ2v) is 7.19. The third-order valence-corrected chi connectivity index (χ3v) is 5.58. The second kappa shape index (κ2) is 6.44. The Hall–Kier alpha value is -2.89. The van der Waals surface area contributed by atoms with Crippen molar-refractivity contribution in [1.29, 1.82) is 0 Å². The van der Waals surface area contributed by atoms with Crippen LogP contribution in [0.5, 0.6) is 0 Å². The molecule has 0 saturated carbocycles. The van der Waals surface area contributed by atoms with Gasteiger partial charge in [-0.2, -0.15) is 0 Å². The number of aromatic nitrogens is 3. The molecule has 1 aliphatic heterocycles. The molecule has 1 amide bonds. The first-order chi connectivity index (χ1) is 12.6. The molecule has 0 radical (unpaired) electrons. The summed E-state index contributed by atoms with van der Waals surface area (Å²) in [6.07, 6.45) is 5.70. The van der Waals surface area contributed by atoms with Gasteiger partial charge in [-0.1, -0.05) is 30.3 Å². The summed E-state index contributed by atoms with van der Waals surface area (Å²) in [5.74, 6) is 0.734. The maximum absolute atomic E-state index is 12.3. The molecule has 0 atom stereocenters. The molecule has 0 spiro atoms. The molecule has 3 N–H and O–H groups in total. The maximum Gasteiger partial charge on any atom is 0.224 e. The van der Waals surface area contributed by atoms with Gasteiger partial charge >= 0.3 is 0 Å². The van der Waals surface area contributed by atoms with Gasteiger partial charge in [-0.3, -0.25) is 4.79 Å². The van der Waals surface area contributed by atoms with Crippen LogP contribution in [-0.4, -0.2) is 33.9 Å². The summed E-state index contributed by atoms with van der Waals surface area (Å²) in [6.45, 7) is 3.57. The molecule has 134 valence electrons. The SMILES string of the molecule is Cc1c[nH]c2ncnc(N3CCC(Cc4ccccc4)(C(N)=O)CC3)c12. The number of nitrogens with two attached hydrogens (primary N) is 1. The molecule has 0 bridgehead atoms. The van der Waals surface area contributed by atoms with Crippen molar-refractivity contribution >= 4 is 22.8 Å². The van der Waals surface area contributed by atoms with Crippen LogP contribution >= 0.6 is 0 Å². The quantitative estimate of drug-likeness (QED) is 0.758. The molecule has 1 fully saturated rings. The van der Waals surface area contributed by atoms with E-state index in [0.717, 1.165) is 53.9 Å². The minimum Gasteiger partial charge on any atom is -0.369 e. The first kappa shape index (κ1) is 16.6. The Bertz CT molecular complexity index is 926. The number of anilines is 1. The van der Waals surface area contributed by atoms with Gasteiger partial charge in [-0.15, -0.1) is 0 Å². The molecule has 4 rings (SSSR count). The minimum absolute atomic E-state index is 0.202. The van der Waals surface area contributed by atoms with Crippen molar-refractivity contribution in [3.05, 3.63) is 54.0 Å². The summed E-state index contributed by atoms with van der Waals surface area (Å²) in [7, 11) is 0. The Balaban J connectivity index is 1.58. The predicted octanol–water partition coefficient (Wildman–Crippen LogP) is 2.58. The van der Waals surface area contributed by atoms with E-state index in [4.69, 9.17) is 5.73 Å². The number of amides is 1. The van der Waals surface area contributed by atoms with Crippen molar-refractivity contribution in [3.63, 3.8) is 0 Å². The van der Waals surface area contributed by atoms with Crippen LogP contribution in [-0.2, 0) is 11.2 Å². The van der Waals surface area contributed by atoms with Crippen LogP contribution in [0.15, 0.2) is 42.9 Å². The standard InChI is InChI=1S/C20H23N5O/c1-14-12-22-17-16(14)18(24-13-23-17)25-9-7-20(8-10-25,19(21)26)11-15-5-3-2-4-6-15/h2-6,12-13H,7-11H2,1H3,(H2,21,26)(H,22,23,24). The van der Waals surface area contributed by atoms with Crippen molar-refractivity contribution in [1.82, 2.24) is 15.0 Å². The zero-order chi connectivity index (χ0) is 18.1. The lowest BCUT2D eigenvalue weighted by molar-refractivity contribution is -0.128. The van der Waals surface area contributed by atoms with Gasteiger partial charge in [-0.05, 0) is 37.3 Å². The number of nitrogens with one attached hydrogen (secondary N) is 1. The Labute approximate surface area is 152 Å². The van der Waals surface area contributed by atoms with E-state index in [9.17, 15) is 4.79 Å². The summed E-state index contributed by atoms with van der Waals surface area (Å²) >= 11 is 0. The molecule has 6 heteroatoms. The van der Waals surface area contributed by atoms with E-state index in [-0.39, 0.29) is 5.91 Å². The summed E-state index contributed by atoms with van der Waals surface area (Å²) in [5.41, 5.74) is 8.49. The average Bonchev–Trinajstić information content (AvgIpc) is 3.04. The minimum atomic E-state index is -0.489. The molecule has 2 aromatic heterocycles. The number of carbonyl (C=O) groups excluding carboxylic acids is 1. The molecule has 0 unspecified atom stereocenters. The second-order valence-electron chi connectivity index (χ2n) is 7.19. The van der Waals surface area contributed by atoms with Crippen LogP contribution in [0.1, 0.15) is 24.0 Å². The normalized spacial score (nSPS) is 16.7. The Morgan fingerprint density at radius 2 is 1.96 bits per heavy atom. The summed E-state index contributed by atoms with van der Waals surface area (Å²) in [5, 5.41) is 1.06. The van der Waals surface area contributed by atoms with Gasteiger partial charge in [0.05, 0.1) is 10.8 Å². The Morgan fingerprint density at radius 3 is 2.65 bits per heavy atom. The van der Waals surface area contributed by atoms with Crippen LogP contribution in [0.2, 0.25) is 0 Å². The molecule has 1 aliphatic rings. The van der Waals surface area contributed by atoms with Gasteiger partial charge in [0.2, 0.25) is 5.91 Å². The summed E-state index contributed by atoms with van der Waals surface area (Å²) < 4.78 is 0. The van der Waals surface area contributed by atoms with Gasteiger partial charge < -0.3 is 15.6 Å². The highest BCUT2D eigenvalue weighted by Gasteiger charge is 2.40. The fraction of sp³-hybridized carbons (Fsp3) is 0.350. The monoisotopic (exact) mass is 349 g/mol. The number of aryl methyl sites for hydroxylation is 1. The molecule has 1 saturated heterocycles. The topological polar surface area (TPSA) is 87.9 Å². The fourth-order valence-electron chi connectivity index (χ4n) is 3.98. The number of piperidine rings is 1. The Morgan fingerprint density at radius 1 is 1.23 bits per heavy atom. The molecule has 3 aromatic rings. The largest absolute Gasteiger partial charge is 0.369 e.